The molecule has 3 nitrogen and oxygen atoms in total. The Hall–Kier alpha value is -2.10. The molecule has 5 heteroatoms. The highest BCUT2D eigenvalue weighted by Gasteiger charge is 2.03. The summed E-state index contributed by atoms with van der Waals surface area (Å²) in [6.07, 6.45) is 1.64. The molecule has 3 rings (SSSR count). The summed E-state index contributed by atoms with van der Waals surface area (Å²) < 4.78 is 0. The number of benzene rings is 2. The van der Waals surface area contributed by atoms with Gasteiger partial charge in [0.1, 0.15) is 5.15 Å². The van der Waals surface area contributed by atoms with Gasteiger partial charge in [0.15, 0.2) is 0 Å². The van der Waals surface area contributed by atoms with E-state index >= 15 is 0 Å². The summed E-state index contributed by atoms with van der Waals surface area (Å²) in [6.45, 7) is 2.03. The average molecular weight is 330 g/mol. The third kappa shape index (κ3) is 3.21. The van der Waals surface area contributed by atoms with Gasteiger partial charge in [-0.25, -0.2) is 4.98 Å². The van der Waals surface area contributed by atoms with Crippen LogP contribution in [-0.4, -0.2) is 11.2 Å². The van der Waals surface area contributed by atoms with Crippen molar-refractivity contribution < 1.29 is 0 Å². The van der Waals surface area contributed by atoms with E-state index in [-0.39, 0.29) is 0 Å². The first-order valence-electron chi connectivity index (χ1n) is 6.74. The Labute approximate surface area is 138 Å². The molecular weight excluding hydrogens is 317 g/mol. The predicted molar refractivity (Wildman–Crippen MR) is 94.2 cm³/mol. The Morgan fingerprint density at radius 2 is 1.91 bits per heavy atom. The summed E-state index contributed by atoms with van der Waals surface area (Å²) in [5.41, 5.74) is 6.41. The van der Waals surface area contributed by atoms with Crippen molar-refractivity contribution in [3.8, 4) is 0 Å². The molecule has 110 valence electrons. The first kappa shape index (κ1) is 14.8. The van der Waals surface area contributed by atoms with Crippen molar-refractivity contribution in [2.75, 3.05) is 5.43 Å². The number of para-hydroxylation sites is 1. The summed E-state index contributed by atoms with van der Waals surface area (Å²) in [6, 6.07) is 15.4. The molecule has 1 heterocycles. The van der Waals surface area contributed by atoms with Crippen LogP contribution in [0, 0.1) is 6.92 Å². The van der Waals surface area contributed by atoms with Gasteiger partial charge < -0.3 is 0 Å². The molecule has 0 saturated heterocycles. The van der Waals surface area contributed by atoms with Crippen LogP contribution >= 0.6 is 23.2 Å². The quantitative estimate of drug-likeness (QED) is 0.402. The van der Waals surface area contributed by atoms with Gasteiger partial charge in [-0.3, -0.25) is 5.43 Å². The molecule has 0 aliphatic carbocycles. The number of nitrogens with one attached hydrogen (secondary N) is 1. The van der Waals surface area contributed by atoms with Gasteiger partial charge >= 0.3 is 0 Å². The molecule has 0 aliphatic heterocycles. The minimum atomic E-state index is 0.419. The topological polar surface area (TPSA) is 37.3 Å². The lowest BCUT2D eigenvalue weighted by atomic mass is 10.1. The number of aromatic nitrogens is 1. The number of halogens is 2. The van der Waals surface area contributed by atoms with Crippen LogP contribution in [0.25, 0.3) is 10.9 Å². The van der Waals surface area contributed by atoms with E-state index in [0.29, 0.717) is 10.2 Å². The van der Waals surface area contributed by atoms with Crippen molar-refractivity contribution in [2.45, 2.75) is 6.92 Å². The normalized spacial score (nSPS) is 11.2. The molecule has 1 aromatic heterocycles. The van der Waals surface area contributed by atoms with Crippen LogP contribution in [0.3, 0.4) is 0 Å². The molecule has 3 aromatic rings. The maximum atomic E-state index is 6.21. The van der Waals surface area contributed by atoms with Gasteiger partial charge in [-0.05, 0) is 36.8 Å². The van der Waals surface area contributed by atoms with E-state index in [4.69, 9.17) is 23.2 Å². The average Bonchev–Trinajstić information content (AvgIpc) is 2.50. The number of nitrogens with zero attached hydrogens (tertiary/aromatic N) is 2. The first-order valence-corrected chi connectivity index (χ1v) is 7.49. The molecule has 22 heavy (non-hydrogen) atoms. The van der Waals surface area contributed by atoms with Crippen LogP contribution in [-0.2, 0) is 0 Å². The van der Waals surface area contributed by atoms with Crippen molar-refractivity contribution >= 4 is 46.0 Å². The summed E-state index contributed by atoms with van der Waals surface area (Å²) in [5, 5.41) is 6.22. The largest absolute Gasteiger partial charge is 0.277 e. The number of aryl methyl sites for hydroxylation is 1. The van der Waals surface area contributed by atoms with Gasteiger partial charge in [-0.15, -0.1) is 0 Å². The number of hydrogen-bond donors (Lipinski definition) is 1. The number of anilines is 1. The van der Waals surface area contributed by atoms with E-state index in [1.807, 2.05) is 49.4 Å². The zero-order valence-electron chi connectivity index (χ0n) is 11.8. The highest BCUT2D eigenvalue weighted by atomic mass is 35.5. The van der Waals surface area contributed by atoms with E-state index < -0.39 is 0 Å². The highest BCUT2D eigenvalue weighted by Crippen LogP contribution is 2.22. The summed E-state index contributed by atoms with van der Waals surface area (Å²) >= 11 is 12.3. The second kappa shape index (κ2) is 6.34. The standard InChI is InChI=1S/C17H13Cl2N3/c1-11-6-7-12-9-13(17(19)21-16(12)8-11)10-20-22-15-5-3-2-4-14(15)18/h2-10,22H,1H3/b20-10-. The fourth-order valence-corrected chi connectivity index (χ4v) is 2.46. The van der Waals surface area contributed by atoms with Crippen LogP contribution in [0.15, 0.2) is 53.6 Å². The zero-order valence-corrected chi connectivity index (χ0v) is 13.4. The van der Waals surface area contributed by atoms with Crippen LogP contribution in [0.2, 0.25) is 10.2 Å². The maximum absolute atomic E-state index is 6.21. The Morgan fingerprint density at radius 1 is 1.09 bits per heavy atom. The number of fused-ring (bicyclic) bond motifs is 1. The molecule has 0 spiro atoms. The second-order valence-corrected chi connectivity index (χ2v) is 5.68. The lowest BCUT2D eigenvalue weighted by molar-refractivity contribution is 1.33. The van der Waals surface area contributed by atoms with E-state index in [0.717, 1.165) is 27.7 Å². The number of rotatable bonds is 3. The molecular formula is C17H13Cl2N3. The number of hydrogen-bond acceptors (Lipinski definition) is 3. The molecule has 0 unspecified atom stereocenters. The van der Waals surface area contributed by atoms with Gasteiger partial charge in [0.25, 0.3) is 0 Å². The summed E-state index contributed by atoms with van der Waals surface area (Å²) in [7, 11) is 0. The molecule has 0 radical (unpaired) electrons. The van der Waals surface area contributed by atoms with Crippen molar-refractivity contribution in [3.63, 3.8) is 0 Å². The van der Waals surface area contributed by atoms with Crippen LogP contribution in [0.1, 0.15) is 11.1 Å². The molecule has 0 aliphatic rings. The van der Waals surface area contributed by atoms with Gasteiger partial charge in [0.2, 0.25) is 0 Å². The number of hydrazone groups is 1. The van der Waals surface area contributed by atoms with Gasteiger partial charge in [-0.1, -0.05) is 47.5 Å². The zero-order chi connectivity index (χ0) is 15.5. The SMILES string of the molecule is Cc1ccc2cc(/C=N\Nc3ccccc3Cl)c(Cl)nc2c1. The van der Waals surface area contributed by atoms with Crippen LogP contribution < -0.4 is 5.43 Å². The molecule has 0 bridgehead atoms. The van der Waals surface area contributed by atoms with Gasteiger partial charge in [-0.2, -0.15) is 5.10 Å². The Bertz CT molecular complexity index is 860. The van der Waals surface area contributed by atoms with E-state index in [2.05, 4.69) is 15.5 Å². The summed E-state index contributed by atoms with van der Waals surface area (Å²) in [5.74, 6) is 0. The van der Waals surface area contributed by atoms with Crippen molar-refractivity contribution in [1.82, 2.24) is 4.98 Å². The fraction of sp³-hybridized carbons (Fsp3) is 0.0588. The molecule has 1 N–H and O–H groups in total. The van der Waals surface area contributed by atoms with Crippen LogP contribution in [0.5, 0.6) is 0 Å². The maximum Gasteiger partial charge on any atom is 0.138 e. The smallest absolute Gasteiger partial charge is 0.138 e. The Morgan fingerprint density at radius 3 is 2.73 bits per heavy atom. The minimum absolute atomic E-state index is 0.419. The van der Waals surface area contributed by atoms with Crippen molar-refractivity contribution in [1.29, 1.82) is 0 Å². The van der Waals surface area contributed by atoms with Crippen molar-refractivity contribution in [2.24, 2.45) is 5.10 Å². The van der Waals surface area contributed by atoms with Gasteiger partial charge in [0.05, 0.1) is 22.4 Å². The molecule has 0 fully saturated rings. The van der Waals surface area contributed by atoms with E-state index in [1.54, 1.807) is 12.3 Å². The monoisotopic (exact) mass is 329 g/mol. The van der Waals surface area contributed by atoms with Crippen LogP contribution in [0.4, 0.5) is 5.69 Å². The Balaban J connectivity index is 1.87. The lowest BCUT2D eigenvalue weighted by Crippen LogP contribution is -1.94. The lowest BCUT2D eigenvalue weighted by Gasteiger charge is -2.04. The third-order valence-corrected chi connectivity index (χ3v) is 3.85. The molecule has 2 aromatic carbocycles. The molecule has 0 saturated carbocycles. The predicted octanol–water partition coefficient (Wildman–Crippen LogP) is 5.30. The molecule has 0 amide bonds. The summed E-state index contributed by atoms with van der Waals surface area (Å²) in [4.78, 5) is 4.40. The minimum Gasteiger partial charge on any atom is -0.277 e. The van der Waals surface area contributed by atoms with Crippen molar-refractivity contribution in [3.05, 3.63) is 69.8 Å². The first-order chi connectivity index (χ1) is 10.6. The molecule has 0 atom stereocenters. The second-order valence-electron chi connectivity index (χ2n) is 4.91. The fourth-order valence-electron chi connectivity index (χ4n) is 2.08. The third-order valence-electron chi connectivity index (χ3n) is 3.22. The highest BCUT2D eigenvalue weighted by molar-refractivity contribution is 6.33. The Kier molecular flexibility index (Phi) is 4.27. The van der Waals surface area contributed by atoms with Gasteiger partial charge in [0, 0.05) is 10.9 Å². The number of pyridine rings is 1. The van der Waals surface area contributed by atoms with E-state index in [9.17, 15) is 0 Å². The van der Waals surface area contributed by atoms with E-state index in [1.165, 1.54) is 0 Å².